The Morgan fingerprint density at radius 2 is 1.36 bits per heavy atom. The highest BCUT2D eigenvalue weighted by Crippen LogP contribution is 2.29. The van der Waals surface area contributed by atoms with Crippen molar-refractivity contribution in [1.29, 1.82) is 0 Å². The van der Waals surface area contributed by atoms with Crippen LogP contribution in [0.1, 0.15) is 27.6 Å². The molecule has 0 heterocycles. The first-order chi connectivity index (χ1) is 16.9. The molecular weight excluding hydrogens is 498 g/mol. The summed E-state index contributed by atoms with van der Waals surface area (Å²) in [6.45, 7) is 1.28. The normalized spacial score (nSPS) is 12.2. The summed E-state index contributed by atoms with van der Waals surface area (Å²) in [5.41, 5.74) is 5.04. The number of hydrogen-bond acceptors (Lipinski definition) is 12. The van der Waals surface area contributed by atoms with E-state index in [0.717, 1.165) is 23.9 Å². The fraction of sp³-hybridized carbons (Fsp3) is 0.227. The lowest BCUT2D eigenvalue weighted by atomic mass is 10.1. The lowest BCUT2D eigenvalue weighted by Crippen LogP contribution is -2.50. The lowest BCUT2D eigenvalue weighted by molar-refractivity contribution is -0.131. The van der Waals surface area contributed by atoms with E-state index in [4.69, 9.17) is 10.5 Å². The molecule has 0 radical (unpaired) electrons. The van der Waals surface area contributed by atoms with Crippen LogP contribution in [0.3, 0.4) is 0 Å². The van der Waals surface area contributed by atoms with Crippen LogP contribution in [0.2, 0.25) is 0 Å². The maximum absolute atomic E-state index is 12.2. The van der Waals surface area contributed by atoms with E-state index < -0.39 is 64.7 Å². The number of rotatable bonds is 9. The van der Waals surface area contributed by atoms with Gasteiger partial charge in [-0.3, -0.25) is 29.8 Å². The molecule has 0 saturated carbocycles. The monoisotopic (exact) mass is 521 g/mol. The van der Waals surface area contributed by atoms with Crippen LogP contribution in [0.4, 0.5) is 0 Å². The summed E-state index contributed by atoms with van der Waals surface area (Å²) in [4.78, 5) is 60.2. The Morgan fingerprint density at radius 1 is 0.861 bits per heavy atom. The first-order valence-corrected chi connectivity index (χ1v) is 11.3. The van der Waals surface area contributed by atoms with Gasteiger partial charge in [-0.15, -0.1) is 11.8 Å². The van der Waals surface area contributed by atoms with Gasteiger partial charge in [-0.2, -0.15) is 0 Å². The number of imide groups is 2. The molecule has 0 fully saturated rings. The van der Waals surface area contributed by atoms with Crippen molar-refractivity contribution in [1.82, 2.24) is 10.6 Å². The molecule has 0 bridgehead atoms. The molecule has 192 valence electrons. The highest BCUT2D eigenvalue weighted by Gasteiger charge is 2.27. The minimum absolute atomic E-state index is 0.320. The Kier molecular flexibility index (Phi) is 9.64. The minimum atomic E-state index is -1.46. The summed E-state index contributed by atoms with van der Waals surface area (Å²) in [5, 5.41) is 42.2. The fourth-order valence-corrected chi connectivity index (χ4v) is 3.27. The average molecular weight is 522 g/mol. The number of esters is 1. The SMILES string of the molecule is C[C@@H](OC(=O)c1cccc(O)c1O)[C@H](N)C(=O)NC(=O)CSCC(=O)NC(=O)c1cccc(O)c1O. The zero-order chi connectivity index (χ0) is 27.0. The average Bonchev–Trinajstić information content (AvgIpc) is 2.81. The maximum atomic E-state index is 12.2. The van der Waals surface area contributed by atoms with Crippen LogP contribution in [0, 0.1) is 0 Å². The Morgan fingerprint density at radius 3 is 1.94 bits per heavy atom. The smallest absolute Gasteiger partial charge is 0.342 e. The van der Waals surface area contributed by atoms with E-state index in [2.05, 4.69) is 0 Å². The predicted molar refractivity (Wildman–Crippen MR) is 125 cm³/mol. The number of carbonyl (C=O) groups is 5. The van der Waals surface area contributed by atoms with Gasteiger partial charge in [-0.05, 0) is 31.2 Å². The van der Waals surface area contributed by atoms with Crippen molar-refractivity contribution in [3.63, 3.8) is 0 Å². The van der Waals surface area contributed by atoms with E-state index in [9.17, 15) is 44.4 Å². The van der Waals surface area contributed by atoms with Gasteiger partial charge in [0.05, 0.1) is 17.1 Å². The second-order valence-corrected chi connectivity index (χ2v) is 8.25. The van der Waals surface area contributed by atoms with Crippen LogP contribution < -0.4 is 16.4 Å². The van der Waals surface area contributed by atoms with Crippen LogP contribution in [-0.4, -0.2) is 73.7 Å². The van der Waals surface area contributed by atoms with E-state index in [1.807, 2.05) is 10.6 Å². The van der Waals surface area contributed by atoms with Gasteiger partial charge in [0.15, 0.2) is 23.0 Å². The first kappa shape index (κ1) is 27.9. The molecule has 0 unspecified atom stereocenters. The van der Waals surface area contributed by atoms with E-state index >= 15 is 0 Å². The third kappa shape index (κ3) is 7.35. The van der Waals surface area contributed by atoms with Gasteiger partial charge < -0.3 is 30.9 Å². The van der Waals surface area contributed by atoms with Gasteiger partial charge in [0, 0.05) is 0 Å². The van der Waals surface area contributed by atoms with Crippen molar-refractivity contribution < 1.29 is 49.1 Å². The number of hydrogen-bond donors (Lipinski definition) is 7. The molecule has 2 rings (SSSR count). The third-order valence-corrected chi connectivity index (χ3v) is 5.51. The van der Waals surface area contributed by atoms with Crippen LogP contribution in [0.15, 0.2) is 36.4 Å². The van der Waals surface area contributed by atoms with Gasteiger partial charge in [0.25, 0.3) is 5.91 Å². The summed E-state index contributed by atoms with van der Waals surface area (Å²) < 4.78 is 5.01. The number of amides is 4. The zero-order valence-corrected chi connectivity index (χ0v) is 19.6. The Hall–Kier alpha value is -4.30. The van der Waals surface area contributed by atoms with Gasteiger partial charge in [0.2, 0.25) is 17.7 Å². The number of nitrogens with one attached hydrogen (secondary N) is 2. The summed E-state index contributed by atoms with van der Waals surface area (Å²) in [6.07, 6.45) is -1.22. The number of phenolic OH excluding ortho intramolecular Hbond substituents is 4. The molecule has 0 aromatic heterocycles. The number of nitrogens with two attached hydrogens (primary N) is 1. The Bertz CT molecular complexity index is 1190. The molecule has 4 amide bonds. The van der Waals surface area contributed by atoms with Crippen LogP contribution in [0.5, 0.6) is 23.0 Å². The second kappa shape index (κ2) is 12.4. The molecule has 2 atom stereocenters. The van der Waals surface area contributed by atoms with E-state index in [-0.39, 0.29) is 22.6 Å². The van der Waals surface area contributed by atoms with Crippen molar-refractivity contribution in [3.05, 3.63) is 47.5 Å². The zero-order valence-electron chi connectivity index (χ0n) is 18.8. The third-order valence-electron chi connectivity index (χ3n) is 4.58. The molecule has 13 nitrogen and oxygen atoms in total. The van der Waals surface area contributed by atoms with Gasteiger partial charge in [-0.25, -0.2) is 4.79 Å². The number of phenols is 4. The number of ether oxygens (including phenoxy) is 1. The summed E-state index contributed by atoms with van der Waals surface area (Å²) in [5.74, 6) is -7.77. The molecule has 14 heteroatoms. The molecule has 0 aliphatic rings. The quantitative estimate of drug-likeness (QED) is 0.167. The predicted octanol–water partition coefficient (Wildman–Crippen LogP) is -0.286. The van der Waals surface area contributed by atoms with Crippen molar-refractivity contribution in [2.45, 2.75) is 19.1 Å². The largest absolute Gasteiger partial charge is 0.504 e. The molecule has 2 aromatic carbocycles. The van der Waals surface area contributed by atoms with E-state index in [0.29, 0.717) is 0 Å². The van der Waals surface area contributed by atoms with Crippen LogP contribution in [-0.2, 0) is 19.1 Å². The van der Waals surface area contributed by atoms with Crippen LogP contribution in [0.25, 0.3) is 0 Å². The molecule has 0 aliphatic heterocycles. The molecule has 36 heavy (non-hydrogen) atoms. The molecule has 2 aromatic rings. The second-order valence-electron chi connectivity index (χ2n) is 7.27. The fourth-order valence-electron chi connectivity index (χ4n) is 2.65. The highest BCUT2D eigenvalue weighted by atomic mass is 32.2. The Labute approximate surface area is 208 Å². The number of aromatic hydroxyl groups is 4. The Balaban J connectivity index is 1.77. The van der Waals surface area contributed by atoms with Gasteiger partial charge in [0.1, 0.15) is 17.7 Å². The molecule has 0 saturated heterocycles. The van der Waals surface area contributed by atoms with Gasteiger partial charge >= 0.3 is 5.97 Å². The number of para-hydroxylation sites is 2. The van der Waals surface area contributed by atoms with Crippen molar-refractivity contribution in [2.24, 2.45) is 5.73 Å². The maximum Gasteiger partial charge on any atom is 0.342 e. The van der Waals surface area contributed by atoms with Gasteiger partial charge in [-0.1, -0.05) is 12.1 Å². The summed E-state index contributed by atoms with van der Waals surface area (Å²) >= 11 is 0.769. The lowest BCUT2D eigenvalue weighted by Gasteiger charge is -2.19. The van der Waals surface area contributed by atoms with E-state index in [1.54, 1.807) is 0 Å². The topological polar surface area (TPSA) is 226 Å². The highest BCUT2D eigenvalue weighted by molar-refractivity contribution is 8.00. The molecular formula is C22H23N3O10S. The van der Waals surface area contributed by atoms with Crippen molar-refractivity contribution in [3.8, 4) is 23.0 Å². The molecule has 0 spiro atoms. The standard InChI is InChI=1S/C22H23N3O10S/c1-10(35-22(34)12-5-3-7-14(27)19(12)31)17(23)21(33)25-16(29)9-36-8-15(28)24-20(32)11-4-2-6-13(26)18(11)30/h2-7,10,17,26-27,30-31H,8-9,23H2,1H3,(H,24,28,32)(H,25,29,33)/t10-,17+/m1/s1. The number of thioether (sulfide) groups is 1. The van der Waals surface area contributed by atoms with Crippen molar-refractivity contribution in [2.75, 3.05) is 11.5 Å². The van der Waals surface area contributed by atoms with Crippen LogP contribution >= 0.6 is 11.8 Å². The number of carbonyl (C=O) groups excluding carboxylic acids is 5. The first-order valence-electron chi connectivity index (χ1n) is 10.2. The van der Waals surface area contributed by atoms with E-state index in [1.165, 1.54) is 31.2 Å². The minimum Gasteiger partial charge on any atom is -0.504 e. The summed E-state index contributed by atoms with van der Waals surface area (Å²) in [6, 6.07) is 5.82. The number of benzene rings is 2. The molecule has 0 aliphatic carbocycles. The molecule has 8 N–H and O–H groups in total. The summed E-state index contributed by atoms with van der Waals surface area (Å²) in [7, 11) is 0. The van der Waals surface area contributed by atoms with Crippen molar-refractivity contribution >= 4 is 41.4 Å².